The lowest BCUT2D eigenvalue weighted by atomic mass is 9.47. The molecule has 2 atom stereocenters. The Morgan fingerprint density at radius 2 is 1.44 bits per heavy atom. The first-order valence-corrected chi connectivity index (χ1v) is 10.9. The summed E-state index contributed by atoms with van der Waals surface area (Å²) in [6.45, 7) is 2.04. The molecule has 1 aliphatic heterocycles. The Morgan fingerprint density at radius 3 is 1.97 bits per heavy atom. The van der Waals surface area contributed by atoms with Crippen LogP contribution < -0.4 is 4.90 Å². The summed E-state index contributed by atoms with van der Waals surface area (Å²) >= 11 is 0. The number of nitrogens with zero attached hydrogens (tertiary/aromatic N) is 1. The number of benzene rings is 3. The summed E-state index contributed by atoms with van der Waals surface area (Å²) in [7, 11) is 0. The predicted octanol–water partition coefficient (Wildman–Crippen LogP) is 3.88. The lowest BCUT2D eigenvalue weighted by molar-refractivity contribution is -0.149. The molecule has 1 fully saturated rings. The molecule has 7 rings (SSSR count). The number of hydrogen-bond donors (Lipinski definition) is 1. The van der Waals surface area contributed by atoms with Gasteiger partial charge in [0.25, 0.3) is 0 Å². The molecule has 158 valence electrons. The Labute approximate surface area is 185 Å². The molecule has 0 unspecified atom stereocenters. The van der Waals surface area contributed by atoms with E-state index in [1.54, 1.807) is 24.3 Å². The number of imide groups is 1. The smallest absolute Gasteiger partial charge is 0.319 e. The van der Waals surface area contributed by atoms with E-state index in [0.717, 1.165) is 23.1 Å². The molecule has 3 aromatic carbocycles. The number of anilines is 1. The van der Waals surface area contributed by atoms with E-state index in [4.69, 9.17) is 0 Å². The van der Waals surface area contributed by atoms with Crippen LogP contribution in [0, 0.1) is 11.8 Å². The Kier molecular flexibility index (Phi) is 3.79. The monoisotopic (exact) mass is 423 g/mol. The molecule has 1 N–H and O–H groups in total. The van der Waals surface area contributed by atoms with Crippen LogP contribution in [0.5, 0.6) is 0 Å². The zero-order valence-electron chi connectivity index (χ0n) is 17.5. The second-order valence-electron chi connectivity index (χ2n) is 8.80. The van der Waals surface area contributed by atoms with Crippen LogP contribution in [0.1, 0.15) is 40.7 Å². The van der Waals surface area contributed by atoms with E-state index in [1.807, 2.05) is 55.5 Å². The highest BCUT2D eigenvalue weighted by Gasteiger charge is 2.71. The fourth-order valence-corrected chi connectivity index (χ4v) is 6.27. The Balaban J connectivity index is 1.63. The fourth-order valence-electron chi connectivity index (χ4n) is 6.27. The average Bonchev–Trinajstić information content (AvgIpc) is 3.09. The summed E-state index contributed by atoms with van der Waals surface area (Å²) in [5, 5.41) is 10.7. The van der Waals surface area contributed by atoms with Gasteiger partial charge in [-0.1, -0.05) is 67.6 Å². The number of carbonyl (C=O) groups is 3. The van der Waals surface area contributed by atoms with E-state index >= 15 is 0 Å². The first-order valence-electron chi connectivity index (χ1n) is 10.9. The van der Waals surface area contributed by atoms with Gasteiger partial charge in [-0.2, -0.15) is 0 Å². The van der Waals surface area contributed by atoms with Gasteiger partial charge < -0.3 is 5.11 Å². The summed E-state index contributed by atoms with van der Waals surface area (Å²) in [5.41, 5.74) is 2.94. The van der Waals surface area contributed by atoms with Gasteiger partial charge in [0.1, 0.15) is 5.41 Å². The number of aryl methyl sites for hydroxylation is 1. The molecule has 0 saturated carbocycles. The summed E-state index contributed by atoms with van der Waals surface area (Å²) < 4.78 is 0. The third-order valence-electron chi connectivity index (χ3n) is 7.56. The lowest BCUT2D eigenvalue weighted by Crippen LogP contribution is -2.57. The number of amides is 2. The van der Waals surface area contributed by atoms with Crippen molar-refractivity contribution in [1.29, 1.82) is 0 Å². The molecule has 0 spiro atoms. The molecule has 5 nitrogen and oxygen atoms in total. The van der Waals surface area contributed by atoms with Crippen LogP contribution >= 0.6 is 0 Å². The van der Waals surface area contributed by atoms with Gasteiger partial charge >= 0.3 is 5.97 Å². The molecule has 3 aromatic rings. The third-order valence-corrected chi connectivity index (χ3v) is 7.56. The topological polar surface area (TPSA) is 74.7 Å². The number of carbonyl (C=O) groups excluding carboxylic acids is 2. The fraction of sp³-hybridized carbons (Fsp3) is 0.222. The maximum Gasteiger partial charge on any atom is 0.319 e. The van der Waals surface area contributed by atoms with Crippen molar-refractivity contribution in [2.24, 2.45) is 11.8 Å². The van der Waals surface area contributed by atoms with Gasteiger partial charge in [0.05, 0.1) is 17.5 Å². The highest BCUT2D eigenvalue weighted by molar-refractivity contribution is 6.25. The molecule has 3 aliphatic carbocycles. The number of carboxylic acids is 1. The Bertz CT molecular complexity index is 1260. The van der Waals surface area contributed by atoms with Crippen molar-refractivity contribution in [2.45, 2.75) is 24.7 Å². The van der Waals surface area contributed by atoms with E-state index in [9.17, 15) is 19.5 Å². The first-order chi connectivity index (χ1) is 15.5. The molecule has 1 saturated heterocycles. The molecule has 1 heterocycles. The second-order valence-corrected chi connectivity index (χ2v) is 8.80. The van der Waals surface area contributed by atoms with Crippen molar-refractivity contribution in [2.75, 3.05) is 4.90 Å². The lowest BCUT2D eigenvalue weighted by Gasteiger charge is -2.51. The van der Waals surface area contributed by atoms with Crippen molar-refractivity contribution in [3.8, 4) is 0 Å². The summed E-state index contributed by atoms with van der Waals surface area (Å²) in [6.07, 6.45) is 0.849. The molecule has 0 aromatic heterocycles. The van der Waals surface area contributed by atoms with Crippen molar-refractivity contribution in [3.63, 3.8) is 0 Å². The van der Waals surface area contributed by atoms with E-state index in [1.165, 1.54) is 4.90 Å². The van der Waals surface area contributed by atoms with Gasteiger partial charge in [-0.25, -0.2) is 4.90 Å². The zero-order chi connectivity index (χ0) is 22.2. The molecule has 2 amide bonds. The minimum Gasteiger partial charge on any atom is -0.480 e. The SMILES string of the molecule is CCc1ccc(N2C(=O)[C@@H]3C4c5ccccc5C(C(=O)O)(c5ccccc54)[C@@H]3C2=O)cc1. The minimum absolute atomic E-state index is 0.316. The van der Waals surface area contributed by atoms with Crippen LogP contribution in [0.3, 0.4) is 0 Å². The Hall–Kier alpha value is -3.73. The van der Waals surface area contributed by atoms with Crippen LogP contribution in [0.4, 0.5) is 5.69 Å². The van der Waals surface area contributed by atoms with Gasteiger partial charge in [0.2, 0.25) is 11.8 Å². The largest absolute Gasteiger partial charge is 0.480 e. The maximum absolute atomic E-state index is 13.9. The third kappa shape index (κ3) is 2.06. The molecule has 32 heavy (non-hydrogen) atoms. The van der Waals surface area contributed by atoms with Gasteiger partial charge in [-0.05, 0) is 46.4 Å². The molecule has 0 radical (unpaired) electrons. The van der Waals surface area contributed by atoms with Crippen LogP contribution in [0.15, 0.2) is 72.8 Å². The molecule has 4 aliphatic rings. The highest BCUT2D eigenvalue weighted by atomic mass is 16.4. The highest BCUT2D eigenvalue weighted by Crippen LogP contribution is 2.64. The van der Waals surface area contributed by atoms with Crippen LogP contribution in [-0.2, 0) is 26.2 Å². The van der Waals surface area contributed by atoms with Crippen molar-refractivity contribution < 1.29 is 19.5 Å². The number of aliphatic carboxylic acids is 1. The van der Waals surface area contributed by atoms with Crippen molar-refractivity contribution in [3.05, 3.63) is 101 Å². The van der Waals surface area contributed by atoms with Gasteiger partial charge in [0, 0.05) is 5.92 Å². The van der Waals surface area contributed by atoms with Crippen LogP contribution in [0.25, 0.3) is 0 Å². The summed E-state index contributed by atoms with van der Waals surface area (Å²) in [6, 6.07) is 22.1. The van der Waals surface area contributed by atoms with E-state index in [-0.39, 0.29) is 11.8 Å². The maximum atomic E-state index is 13.9. The Morgan fingerprint density at radius 1 is 0.875 bits per heavy atom. The first kappa shape index (κ1) is 19.0. The molecular weight excluding hydrogens is 402 g/mol. The van der Waals surface area contributed by atoms with Crippen LogP contribution in [-0.4, -0.2) is 22.9 Å². The van der Waals surface area contributed by atoms with Gasteiger partial charge in [0.15, 0.2) is 0 Å². The molecule has 2 bridgehead atoms. The van der Waals surface area contributed by atoms with E-state index in [0.29, 0.717) is 16.8 Å². The summed E-state index contributed by atoms with van der Waals surface area (Å²) in [4.78, 5) is 42.0. The summed E-state index contributed by atoms with van der Waals surface area (Å²) in [5.74, 6) is -3.90. The standard InChI is InChI=1S/C27H21NO4/c1-2-15-11-13-16(14-12-15)28-24(29)22-21-17-7-3-5-9-19(17)27(26(31)32,23(22)25(28)30)20-10-6-4-8-18(20)21/h3-14,21-23H,2H2,1H3,(H,31,32)/t21?,22-,23+,27?/m1/s1. The minimum atomic E-state index is -1.59. The number of hydrogen-bond acceptors (Lipinski definition) is 3. The predicted molar refractivity (Wildman–Crippen MR) is 118 cm³/mol. The average molecular weight is 423 g/mol. The molecule has 5 heteroatoms. The number of carboxylic acid groups (broad SMARTS) is 1. The normalized spacial score (nSPS) is 27.2. The van der Waals surface area contributed by atoms with Crippen LogP contribution in [0.2, 0.25) is 0 Å². The van der Waals surface area contributed by atoms with E-state index in [2.05, 4.69) is 0 Å². The van der Waals surface area contributed by atoms with Crippen molar-refractivity contribution in [1.82, 2.24) is 0 Å². The van der Waals surface area contributed by atoms with E-state index < -0.39 is 29.1 Å². The zero-order valence-corrected chi connectivity index (χ0v) is 17.5. The van der Waals surface area contributed by atoms with Gasteiger partial charge in [-0.15, -0.1) is 0 Å². The van der Waals surface area contributed by atoms with Gasteiger partial charge in [-0.3, -0.25) is 14.4 Å². The van der Waals surface area contributed by atoms with Crippen molar-refractivity contribution >= 4 is 23.5 Å². The quantitative estimate of drug-likeness (QED) is 0.649. The molecular formula is C27H21NO4. The number of rotatable bonds is 3. The second kappa shape index (κ2) is 6.39.